The van der Waals surface area contributed by atoms with Crippen molar-refractivity contribution in [2.24, 2.45) is 5.41 Å². The molecule has 1 aromatic rings. The van der Waals surface area contributed by atoms with E-state index in [1.165, 1.54) is 4.57 Å². The number of aromatic amines is 1. The molecule has 0 fully saturated rings. The Morgan fingerprint density at radius 3 is 2.60 bits per heavy atom. The first-order valence-corrected chi connectivity index (χ1v) is 5.84. The molecule has 0 amide bonds. The second-order valence-electron chi connectivity index (χ2n) is 4.50. The number of nitrogens with zero attached hydrogens (tertiary/aromatic N) is 1. The Morgan fingerprint density at radius 1 is 1.47 bits per heavy atom. The lowest BCUT2D eigenvalue weighted by Crippen LogP contribution is -2.35. The Hall–Kier alpha value is -0.840. The predicted octanol–water partition coefficient (Wildman–Crippen LogP) is 1.27. The molecule has 0 spiro atoms. The maximum atomic E-state index is 11.5. The number of nitrogens with one attached hydrogen (secondary N) is 1. The lowest BCUT2D eigenvalue weighted by Gasteiger charge is -2.22. The van der Waals surface area contributed by atoms with Gasteiger partial charge >= 0.3 is 5.69 Å². The molecular weight excluding hydrogens is 260 g/mol. The van der Waals surface area contributed by atoms with Crippen LogP contribution in [0.1, 0.15) is 19.4 Å². The van der Waals surface area contributed by atoms with Crippen LogP contribution in [0.5, 0.6) is 0 Å². The number of alkyl halides is 1. The summed E-state index contributed by atoms with van der Waals surface area (Å²) in [6.45, 7) is 6.37. The first-order valence-electron chi connectivity index (χ1n) is 4.72. The molecule has 1 heterocycles. The maximum absolute atomic E-state index is 11.5. The van der Waals surface area contributed by atoms with E-state index in [-0.39, 0.29) is 16.7 Å². The Morgan fingerprint density at radius 2 is 2.07 bits per heavy atom. The zero-order chi connectivity index (χ0) is 11.6. The topological polar surface area (TPSA) is 54.9 Å². The molecule has 15 heavy (non-hydrogen) atoms. The van der Waals surface area contributed by atoms with Crippen LogP contribution in [0.4, 0.5) is 0 Å². The maximum Gasteiger partial charge on any atom is 0.328 e. The minimum absolute atomic E-state index is 0.0193. The van der Waals surface area contributed by atoms with Crippen LogP contribution < -0.4 is 11.2 Å². The smallest absolute Gasteiger partial charge is 0.300 e. The summed E-state index contributed by atoms with van der Waals surface area (Å²) in [5.74, 6) is 0. The fraction of sp³-hybridized carbons (Fsp3) is 0.600. The summed E-state index contributed by atoms with van der Waals surface area (Å²) in [5.41, 5.74) is -0.124. The average molecular weight is 275 g/mol. The molecule has 5 heteroatoms. The van der Waals surface area contributed by atoms with Gasteiger partial charge in [-0.2, -0.15) is 0 Å². The SMILES string of the molecule is Cc1cn(CC(C)(C)CBr)c(=O)[nH]c1=O. The molecule has 0 bridgehead atoms. The van der Waals surface area contributed by atoms with E-state index >= 15 is 0 Å². The van der Waals surface area contributed by atoms with Gasteiger partial charge in [0.1, 0.15) is 0 Å². The van der Waals surface area contributed by atoms with Crippen molar-refractivity contribution >= 4 is 15.9 Å². The van der Waals surface area contributed by atoms with Crippen molar-refractivity contribution in [3.63, 3.8) is 0 Å². The number of aromatic nitrogens is 2. The molecule has 0 aliphatic rings. The monoisotopic (exact) mass is 274 g/mol. The van der Waals surface area contributed by atoms with Crippen molar-refractivity contribution < 1.29 is 0 Å². The van der Waals surface area contributed by atoms with Gasteiger partial charge in [-0.25, -0.2) is 4.79 Å². The summed E-state index contributed by atoms with van der Waals surface area (Å²) < 4.78 is 1.54. The second-order valence-corrected chi connectivity index (χ2v) is 5.06. The van der Waals surface area contributed by atoms with Crippen molar-refractivity contribution in [1.82, 2.24) is 9.55 Å². The summed E-state index contributed by atoms with van der Waals surface area (Å²) in [6.07, 6.45) is 1.60. The van der Waals surface area contributed by atoms with Crippen LogP contribution in [0.3, 0.4) is 0 Å². The Kier molecular flexibility index (Phi) is 3.54. The highest BCUT2D eigenvalue weighted by atomic mass is 79.9. The van der Waals surface area contributed by atoms with Gasteiger partial charge in [0.2, 0.25) is 0 Å². The van der Waals surface area contributed by atoms with Gasteiger partial charge in [-0.15, -0.1) is 0 Å². The molecular formula is C10H15BrN2O2. The number of H-pyrrole nitrogens is 1. The molecule has 0 saturated heterocycles. The van der Waals surface area contributed by atoms with Crippen molar-refractivity contribution in [3.05, 3.63) is 32.6 Å². The molecule has 4 nitrogen and oxygen atoms in total. The highest BCUT2D eigenvalue weighted by Gasteiger charge is 2.17. The van der Waals surface area contributed by atoms with Gasteiger partial charge in [0.05, 0.1) is 0 Å². The van der Waals surface area contributed by atoms with Crippen molar-refractivity contribution in [2.45, 2.75) is 27.3 Å². The van der Waals surface area contributed by atoms with Crippen LogP contribution >= 0.6 is 15.9 Å². The highest BCUT2D eigenvalue weighted by Crippen LogP contribution is 2.19. The molecule has 0 atom stereocenters. The minimum Gasteiger partial charge on any atom is -0.300 e. The van der Waals surface area contributed by atoms with Gasteiger partial charge < -0.3 is 0 Å². The van der Waals surface area contributed by atoms with Gasteiger partial charge in [0, 0.05) is 23.6 Å². The van der Waals surface area contributed by atoms with E-state index in [9.17, 15) is 9.59 Å². The Labute approximate surface area is 96.5 Å². The zero-order valence-electron chi connectivity index (χ0n) is 9.13. The molecule has 0 aliphatic carbocycles. The van der Waals surface area contributed by atoms with Crippen LogP contribution in [0.25, 0.3) is 0 Å². The van der Waals surface area contributed by atoms with Gasteiger partial charge in [0.15, 0.2) is 0 Å². The summed E-state index contributed by atoms with van der Waals surface area (Å²) in [6, 6.07) is 0. The first kappa shape index (κ1) is 12.2. The van der Waals surface area contributed by atoms with Crippen LogP contribution in [0.15, 0.2) is 15.8 Å². The van der Waals surface area contributed by atoms with Gasteiger partial charge in [-0.3, -0.25) is 14.3 Å². The van der Waals surface area contributed by atoms with E-state index in [1.54, 1.807) is 13.1 Å². The van der Waals surface area contributed by atoms with Crippen molar-refractivity contribution in [1.29, 1.82) is 0 Å². The van der Waals surface area contributed by atoms with Crippen molar-refractivity contribution in [2.75, 3.05) is 5.33 Å². The van der Waals surface area contributed by atoms with E-state index in [4.69, 9.17) is 0 Å². The summed E-state index contributed by atoms with van der Waals surface area (Å²) in [4.78, 5) is 24.9. The van der Waals surface area contributed by atoms with Gasteiger partial charge in [0.25, 0.3) is 5.56 Å². The zero-order valence-corrected chi connectivity index (χ0v) is 10.7. The lowest BCUT2D eigenvalue weighted by molar-refractivity contribution is 0.345. The molecule has 0 radical (unpaired) electrons. The molecule has 1 aromatic heterocycles. The lowest BCUT2D eigenvalue weighted by atomic mass is 9.97. The quantitative estimate of drug-likeness (QED) is 0.844. The third kappa shape index (κ3) is 3.06. The standard InChI is InChI=1S/C10H15BrN2O2/c1-7-4-13(6-10(2,3)5-11)9(15)12-8(7)14/h4H,5-6H2,1-3H3,(H,12,14,15). The third-order valence-corrected chi connectivity index (χ3v) is 3.67. The Balaban J connectivity index is 3.12. The average Bonchev–Trinajstić information content (AvgIpc) is 2.14. The number of halogens is 1. The van der Waals surface area contributed by atoms with Crippen LogP contribution in [-0.2, 0) is 6.54 Å². The van der Waals surface area contributed by atoms with E-state index in [0.717, 1.165) is 5.33 Å². The van der Waals surface area contributed by atoms with Crippen LogP contribution in [-0.4, -0.2) is 14.9 Å². The molecule has 0 unspecified atom stereocenters. The van der Waals surface area contributed by atoms with E-state index in [2.05, 4.69) is 34.8 Å². The van der Waals surface area contributed by atoms with Crippen molar-refractivity contribution in [3.8, 4) is 0 Å². The number of aryl methyl sites for hydroxylation is 1. The van der Waals surface area contributed by atoms with Crippen LogP contribution in [0.2, 0.25) is 0 Å². The minimum atomic E-state index is -0.348. The molecule has 0 aromatic carbocycles. The van der Waals surface area contributed by atoms with E-state index in [1.807, 2.05) is 0 Å². The predicted molar refractivity (Wildman–Crippen MR) is 63.6 cm³/mol. The fourth-order valence-electron chi connectivity index (χ4n) is 1.24. The molecule has 84 valence electrons. The summed E-state index contributed by atoms with van der Waals surface area (Å²) in [5, 5.41) is 0.796. The first-order chi connectivity index (χ1) is 6.85. The van der Waals surface area contributed by atoms with Crippen LogP contribution in [0, 0.1) is 12.3 Å². The summed E-state index contributed by atoms with van der Waals surface area (Å²) in [7, 11) is 0. The number of rotatable bonds is 3. The molecule has 1 rings (SSSR count). The molecule has 1 N–H and O–H groups in total. The number of hydrogen-bond donors (Lipinski definition) is 1. The van der Waals surface area contributed by atoms with Gasteiger partial charge in [-0.1, -0.05) is 29.8 Å². The normalized spacial score (nSPS) is 11.7. The van der Waals surface area contributed by atoms with Gasteiger partial charge in [-0.05, 0) is 12.3 Å². The number of hydrogen-bond acceptors (Lipinski definition) is 2. The summed E-state index contributed by atoms with van der Waals surface area (Å²) >= 11 is 3.40. The third-order valence-electron chi connectivity index (χ3n) is 2.15. The van der Waals surface area contributed by atoms with E-state index in [0.29, 0.717) is 12.1 Å². The largest absolute Gasteiger partial charge is 0.328 e. The second kappa shape index (κ2) is 4.35. The highest BCUT2D eigenvalue weighted by molar-refractivity contribution is 9.09. The van der Waals surface area contributed by atoms with E-state index < -0.39 is 0 Å². The molecule has 0 aliphatic heterocycles. The molecule has 0 saturated carbocycles. The fourth-order valence-corrected chi connectivity index (χ4v) is 1.42. The Bertz CT molecular complexity index is 459.